The highest BCUT2D eigenvalue weighted by molar-refractivity contribution is 5.78. The predicted molar refractivity (Wildman–Crippen MR) is 166 cm³/mol. The standard InChI is InChI=1S/C34H45N5O3/c1-3-42-33(41)26-11-14-37(22-26)15-12-35-31-32(40)38(30-10-5-4-8-28(30)36-31)21-23(2)29-9-6-7-13-39(29)34-19-24-16-25(20-34)18-27(34)17-24/h4-5,7-8,10,13,21,24-27,29H,3,6,9,11-12,14-20,22H2,1-2H3,(H,35,36)/b23-21+/t24?,25?,26-,27?,29-,34?/m0/s1. The Kier molecular flexibility index (Phi) is 7.37. The molecule has 2 aromatic rings. The summed E-state index contributed by atoms with van der Waals surface area (Å²) in [5, 5.41) is 3.33. The van der Waals surface area contributed by atoms with Crippen LogP contribution in [0.3, 0.4) is 0 Å². The number of ether oxygens (including phenoxy) is 1. The molecule has 4 bridgehead atoms. The fourth-order valence-electron chi connectivity index (χ4n) is 9.27. The molecule has 224 valence electrons. The molecule has 4 saturated carbocycles. The number of nitrogens with zero attached hydrogens (tertiary/aromatic N) is 4. The Labute approximate surface area is 248 Å². The zero-order valence-electron chi connectivity index (χ0n) is 25.1. The highest BCUT2D eigenvalue weighted by Gasteiger charge is 2.60. The van der Waals surface area contributed by atoms with Gasteiger partial charge in [0.05, 0.1) is 29.6 Å². The summed E-state index contributed by atoms with van der Waals surface area (Å²) in [5.41, 5.74) is 3.07. The molecule has 4 atom stereocenters. The zero-order chi connectivity index (χ0) is 28.8. The number of fused-ring (bicyclic) bond motifs is 1. The van der Waals surface area contributed by atoms with Crippen molar-refractivity contribution in [3.63, 3.8) is 0 Å². The van der Waals surface area contributed by atoms with Gasteiger partial charge in [-0.3, -0.25) is 14.2 Å². The maximum Gasteiger partial charge on any atom is 0.310 e. The average molecular weight is 572 g/mol. The Hall–Kier alpha value is -3.13. The number of esters is 1. The molecule has 0 spiro atoms. The number of benzene rings is 1. The summed E-state index contributed by atoms with van der Waals surface area (Å²) in [6.45, 7) is 7.38. The number of carbonyl (C=O) groups excluding carboxylic acids is 1. The van der Waals surface area contributed by atoms with Gasteiger partial charge in [-0.2, -0.15) is 0 Å². The minimum absolute atomic E-state index is 0.0580. The van der Waals surface area contributed by atoms with Crippen LogP contribution in [0.1, 0.15) is 65.2 Å². The van der Waals surface area contributed by atoms with Crippen LogP contribution in [-0.4, -0.2) is 69.7 Å². The van der Waals surface area contributed by atoms with Gasteiger partial charge in [0.1, 0.15) is 0 Å². The third-order valence-electron chi connectivity index (χ3n) is 10.9. The molecule has 0 amide bonds. The van der Waals surface area contributed by atoms with Crippen LogP contribution in [0, 0.1) is 23.7 Å². The SMILES string of the molecule is CCOC(=O)[C@H]1CCN(CCNc2nc3ccccc3n(/C=C(\C)[C@@H]3CCC=CN3C34CC5CC(CC3C5)C4)c2=O)C1. The molecule has 2 unspecified atom stereocenters. The van der Waals surface area contributed by atoms with Gasteiger partial charge in [-0.1, -0.05) is 18.2 Å². The molecule has 1 N–H and O–H groups in total. The second kappa shape index (κ2) is 11.2. The summed E-state index contributed by atoms with van der Waals surface area (Å²) in [6.07, 6.45) is 16.8. The number of aromatic nitrogens is 2. The zero-order valence-corrected chi connectivity index (χ0v) is 25.1. The molecule has 5 fully saturated rings. The van der Waals surface area contributed by atoms with Crippen LogP contribution < -0.4 is 10.9 Å². The molecule has 8 nitrogen and oxygen atoms in total. The van der Waals surface area contributed by atoms with Crippen molar-refractivity contribution in [2.24, 2.45) is 23.7 Å². The van der Waals surface area contributed by atoms with Gasteiger partial charge in [-0.05, 0) is 113 Å². The summed E-state index contributed by atoms with van der Waals surface area (Å²) >= 11 is 0. The second-order valence-electron chi connectivity index (χ2n) is 13.5. The van der Waals surface area contributed by atoms with Crippen molar-refractivity contribution in [2.45, 2.75) is 76.8 Å². The highest BCUT2D eigenvalue weighted by atomic mass is 16.5. The number of hydrogen-bond acceptors (Lipinski definition) is 7. The first-order valence-corrected chi connectivity index (χ1v) is 16.2. The van der Waals surface area contributed by atoms with Gasteiger partial charge in [0.15, 0.2) is 5.82 Å². The molecule has 8 heteroatoms. The van der Waals surface area contributed by atoms with E-state index in [1.165, 1.54) is 37.7 Å². The normalized spacial score (nSPS) is 32.3. The summed E-state index contributed by atoms with van der Waals surface area (Å²) in [7, 11) is 0. The minimum atomic E-state index is -0.115. The third-order valence-corrected chi connectivity index (χ3v) is 10.9. The van der Waals surface area contributed by atoms with Crippen molar-refractivity contribution in [2.75, 3.05) is 38.1 Å². The lowest BCUT2D eigenvalue weighted by Gasteiger charge is -2.49. The topological polar surface area (TPSA) is 79.7 Å². The van der Waals surface area contributed by atoms with E-state index in [1.807, 2.05) is 35.8 Å². The molecule has 4 aliphatic carbocycles. The van der Waals surface area contributed by atoms with Gasteiger partial charge in [-0.15, -0.1) is 0 Å². The molecule has 0 radical (unpaired) electrons. The summed E-state index contributed by atoms with van der Waals surface area (Å²) in [4.78, 5) is 35.8. The molecule has 8 rings (SSSR count). The molecule has 2 aliphatic heterocycles. The van der Waals surface area contributed by atoms with Crippen LogP contribution in [-0.2, 0) is 9.53 Å². The fourth-order valence-corrected chi connectivity index (χ4v) is 9.27. The molecular weight excluding hydrogens is 526 g/mol. The van der Waals surface area contributed by atoms with E-state index >= 15 is 0 Å². The van der Waals surface area contributed by atoms with Crippen molar-refractivity contribution in [1.29, 1.82) is 0 Å². The number of allylic oxidation sites excluding steroid dienone is 1. The van der Waals surface area contributed by atoms with E-state index in [-0.39, 0.29) is 17.4 Å². The highest BCUT2D eigenvalue weighted by Crippen LogP contribution is 2.63. The monoisotopic (exact) mass is 571 g/mol. The first kappa shape index (κ1) is 27.7. The van der Waals surface area contributed by atoms with Crippen molar-refractivity contribution in [3.05, 3.63) is 52.5 Å². The van der Waals surface area contributed by atoms with E-state index in [0.29, 0.717) is 37.1 Å². The largest absolute Gasteiger partial charge is 0.466 e. The number of rotatable bonds is 9. The van der Waals surface area contributed by atoms with Gasteiger partial charge in [0.2, 0.25) is 0 Å². The lowest BCUT2D eigenvalue weighted by molar-refractivity contribution is -0.147. The molecule has 1 aromatic carbocycles. The van der Waals surface area contributed by atoms with Crippen molar-refractivity contribution in [1.82, 2.24) is 19.4 Å². The van der Waals surface area contributed by atoms with E-state index in [1.54, 1.807) is 0 Å². The molecule has 6 aliphatic rings. The first-order valence-electron chi connectivity index (χ1n) is 16.2. The number of likely N-dealkylation sites (tertiary alicyclic amines) is 1. The second-order valence-corrected chi connectivity index (χ2v) is 13.5. The lowest BCUT2D eigenvalue weighted by atomic mass is 9.78. The third kappa shape index (κ3) is 4.85. The number of anilines is 1. The Balaban J connectivity index is 1.12. The van der Waals surface area contributed by atoms with Crippen molar-refractivity contribution < 1.29 is 9.53 Å². The quantitative estimate of drug-likeness (QED) is 0.419. The Bertz CT molecular complexity index is 1450. The number of carbonyl (C=O) groups is 1. The summed E-state index contributed by atoms with van der Waals surface area (Å²) < 4.78 is 7.03. The van der Waals surface area contributed by atoms with Crippen LogP contribution in [0.15, 0.2) is 46.9 Å². The molecular formula is C34H45N5O3. The Morgan fingerprint density at radius 2 is 1.98 bits per heavy atom. The summed E-state index contributed by atoms with van der Waals surface area (Å²) in [6, 6.07) is 8.23. The van der Waals surface area contributed by atoms with E-state index in [9.17, 15) is 9.59 Å². The first-order chi connectivity index (χ1) is 20.4. The summed E-state index contributed by atoms with van der Waals surface area (Å²) in [5.74, 6) is 2.85. The van der Waals surface area contributed by atoms with Crippen LogP contribution in [0.5, 0.6) is 0 Å². The molecule has 1 saturated heterocycles. The van der Waals surface area contributed by atoms with Gasteiger partial charge in [0.25, 0.3) is 5.56 Å². The van der Waals surface area contributed by atoms with Crippen LogP contribution >= 0.6 is 0 Å². The minimum Gasteiger partial charge on any atom is -0.466 e. The number of hydrogen-bond donors (Lipinski definition) is 1. The maximum absolute atomic E-state index is 13.9. The van der Waals surface area contributed by atoms with Crippen molar-refractivity contribution in [3.8, 4) is 0 Å². The Morgan fingerprint density at radius 3 is 2.79 bits per heavy atom. The fraction of sp³-hybridized carbons (Fsp3) is 0.618. The van der Waals surface area contributed by atoms with Crippen LogP contribution in [0.25, 0.3) is 17.2 Å². The smallest absolute Gasteiger partial charge is 0.310 e. The van der Waals surface area contributed by atoms with E-state index in [0.717, 1.165) is 61.1 Å². The molecule has 42 heavy (non-hydrogen) atoms. The van der Waals surface area contributed by atoms with Crippen molar-refractivity contribution >= 4 is 29.0 Å². The van der Waals surface area contributed by atoms with Gasteiger partial charge in [0, 0.05) is 31.4 Å². The van der Waals surface area contributed by atoms with Gasteiger partial charge in [-0.25, -0.2) is 4.98 Å². The lowest BCUT2D eigenvalue weighted by Crippen LogP contribution is -2.53. The van der Waals surface area contributed by atoms with Crippen LogP contribution in [0.2, 0.25) is 0 Å². The van der Waals surface area contributed by atoms with E-state index in [4.69, 9.17) is 9.72 Å². The molecule has 1 aromatic heterocycles. The number of nitrogens with one attached hydrogen (secondary N) is 1. The predicted octanol–water partition coefficient (Wildman–Crippen LogP) is 5.11. The Morgan fingerprint density at radius 1 is 1.17 bits per heavy atom. The average Bonchev–Trinajstić information content (AvgIpc) is 3.64. The maximum atomic E-state index is 13.9. The van der Waals surface area contributed by atoms with E-state index < -0.39 is 0 Å². The van der Waals surface area contributed by atoms with Gasteiger partial charge >= 0.3 is 5.97 Å². The number of para-hydroxylation sites is 2. The van der Waals surface area contributed by atoms with Crippen LogP contribution in [0.4, 0.5) is 5.82 Å². The molecule has 3 heterocycles. The van der Waals surface area contributed by atoms with Gasteiger partial charge < -0.3 is 19.9 Å². The van der Waals surface area contributed by atoms with E-state index in [2.05, 4.69) is 40.5 Å².